The average molecular weight is 343 g/mol. The molecule has 24 heavy (non-hydrogen) atoms. The Morgan fingerprint density at radius 3 is 2.54 bits per heavy atom. The molecule has 0 bridgehead atoms. The first-order valence-electron chi connectivity index (χ1n) is 8.05. The van der Waals surface area contributed by atoms with Crippen LogP contribution in [0.4, 0.5) is 5.82 Å². The van der Waals surface area contributed by atoms with Gasteiger partial charge in [0.05, 0.1) is 11.6 Å². The van der Waals surface area contributed by atoms with E-state index >= 15 is 0 Å². The average Bonchev–Trinajstić information content (AvgIpc) is 2.99. The molecule has 2 aromatic heterocycles. The van der Waals surface area contributed by atoms with Gasteiger partial charge < -0.3 is 4.90 Å². The molecular weight excluding hydrogens is 324 g/mol. The maximum absolute atomic E-state index is 5.95. The molecule has 124 valence electrons. The normalized spacial score (nSPS) is 16.0. The van der Waals surface area contributed by atoms with Crippen molar-refractivity contribution in [3.8, 4) is 0 Å². The highest BCUT2D eigenvalue weighted by atomic mass is 35.5. The van der Waals surface area contributed by atoms with Gasteiger partial charge >= 0.3 is 0 Å². The standard InChI is InChI=1S/C17H19ClN6/c1-22-16-15(10-21-22)17(20-12-19-16)24-8-6-23(7-9-24)11-13-2-4-14(18)5-3-13/h2-5,10,12H,6-9,11H2,1H3. The predicted molar refractivity (Wildman–Crippen MR) is 95.2 cm³/mol. The second kappa shape index (κ2) is 6.37. The van der Waals surface area contributed by atoms with Crippen LogP contribution >= 0.6 is 11.6 Å². The lowest BCUT2D eigenvalue weighted by Crippen LogP contribution is -2.46. The van der Waals surface area contributed by atoms with Crippen LogP contribution < -0.4 is 4.90 Å². The van der Waals surface area contributed by atoms with Crippen molar-refractivity contribution in [3.05, 3.63) is 47.4 Å². The van der Waals surface area contributed by atoms with Crippen molar-refractivity contribution in [1.29, 1.82) is 0 Å². The molecule has 1 aliphatic rings. The monoisotopic (exact) mass is 342 g/mol. The predicted octanol–water partition coefficient (Wildman–Crippen LogP) is 2.34. The van der Waals surface area contributed by atoms with Gasteiger partial charge in [-0.25, -0.2) is 9.97 Å². The lowest BCUT2D eigenvalue weighted by Gasteiger charge is -2.35. The van der Waals surface area contributed by atoms with E-state index in [1.807, 2.05) is 25.4 Å². The number of fused-ring (bicyclic) bond motifs is 1. The van der Waals surface area contributed by atoms with Crippen LogP contribution in [0.15, 0.2) is 36.8 Å². The van der Waals surface area contributed by atoms with Crippen molar-refractivity contribution in [3.63, 3.8) is 0 Å². The zero-order valence-corrected chi connectivity index (χ0v) is 14.3. The van der Waals surface area contributed by atoms with Crippen LogP contribution in [0.3, 0.4) is 0 Å². The van der Waals surface area contributed by atoms with Crippen molar-refractivity contribution in [2.45, 2.75) is 6.54 Å². The summed E-state index contributed by atoms with van der Waals surface area (Å²) in [5.74, 6) is 0.985. The van der Waals surface area contributed by atoms with E-state index in [-0.39, 0.29) is 0 Å². The fourth-order valence-corrected chi connectivity index (χ4v) is 3.29. The lowest BCUT2D eigenvalue weighted by molar-refractivity contribution is 0.249. The maximum Gasteiger partial charge on any atom is 0.163 e. The summed E-state index contributed by atoms with van der Waals surface area (Å²) in [6.45, 7) is 4.88. The lowest BCUT2D eigenvalue weighted by atomic mass is 10.2. The van der Waals surface area contributed by atoms with Crippen molar-refractivity contribution in [2.24, 2.45) is 7.05 Å². The minimum absolute atomic E-state index is 0.785. The van der Waals surface area contributed by atoms with Crippen LogP contribution in [0, 0.1) is 0 Å². The third kappa shape index (κ3) is 2.95. The maximum atomic E-state index is 5.95. The highest BCUT2D eigenvalue weighted by molar-refractivity contribution is 6.30. The summed E-state index contributed by atoms with van der Waals surface area (Å²) in [6.07, 6.45) is 3.48. The summed E-state index contributed by atoms with van der Waals surface area (Å²) in [4.78, 5) is 13.6. The van der Waals surface area contributed by atoms with Gasteiger partial charge in [0.25, 0.3) is 0 Å². The van der Waals surface area contributed by atoms with Gasteiger partial charge in [-0.1, -0.05) is 23.7 Å². The Morgan fingerprint density at radius 2 is 1.79 bits per heavy atom. The molecule has 0 N–H and O–H groups in total. The number of aryl methyl sites for hydroxylation is 1. The molecule has 1 fully saturated rings. The Bertz CT molecular complexity index is 836. The Balaban J connectivity index is 1.44. The molecular formula is C17H19ClN6. The topological polar surface area (TPSA) is 50.1 Å². The molecule has 0 saturated carbocycles. The molecule has 0 amide bonds. The molecule has 7 heteroatoms. The first-order chi connectivity index (χ1) is 11.7. The second-order valence-corrected chi connectivity index (χ2v) is 6.53. The summed E-state index contributed by atoms with van der Waals surface area (Å²) < 4.78 is 1.79. The van der Waals surface area contributed by atoms with Crippen LogP contribution in [0.25, 0.3) is 11.0 Å². The number of aromatic nitrogens is 4. The molecule has 0 radical (unpaired) electrons. The molecule has 0 atom stereocenters. The van der Waals surface area contributed by atoms with Crippen LogP contribution in [0.5, 0.6) is 0 Å². The van der Waals surface area contributed by atoms with Crippen LogP contribution in [0.1, 0.15) is 5.56 Å². The first kappa shape index (κ1) is 15.4. The second-order valence-electron chi connectivity index (χ2n) is 6.09. The number of hydrogen-bond acceptors (Lipinski definition) is 5. The number of benzene rings is 1. The Kier molecular flexibility index (Phi) is 4.08. The zero-order chi connectivity index (χ0) is 16.5. The Morgan fingerprint density at radius 1 is 1.04 bits per heavy atom. The molecule has 1 aliphatic heterocycles. The van der Waals surface area contributed by atoms with Gasteiger partial charge in [0.1, 0.15) is 12.1 Å². The molecule has 0 aliphatic carbocycles. The van der Waals surface area contributed by atoms with Crippen molar-refractivity contribution >= 4 is 28.5 Å². The quantitative estimate of drug-likeness (QED) is 0.731. The van der Waals surface area contributed by atoms with Gasteiger partial charge in [0, 0.05) is 44.8 Å². The third-order valence-electron chi connectivity index (χ3n) is 4.50. The molecule has 0 unspecified atom stereocenters. The van der Waals surface area contributed by atoms with E-state index in [1.54, 1.807) is 11.0 Å². The van der Waals surface area contributed by atoms with E-state index in [0.717, 1.165) is 54.6 Å². The molecule has 3 aromatic rings. The fraction of sp³-hybridized carbons (Fsp3) is 0.353. The summed E-state index contributed by atoms with van der Waals surface area (Å²) in [5.41, 5.74) is 2.17. The first-order valence-corrected chi connectivity index (χ1v) is 8.43. The van der Waals surface area contributed by atoms with Gasteiger partial charge in [0.2, 0.25) is 0 Å². The largest absolute Gasteiger partial charge is 0.353 e. The molecule has 3 heterocycles. The number of rotatable bonds is 3. The van der Waals surface area contributed by atoms with E-state index in [1.165, 1.54) is 5.56 Å². The van der Waals surface area contributed by atoms with E-state index in [9.17, 15) is 0 Å². The van der Waals surface area contributed by atoms with Gasteiger partial charge in [-0.3, -0.25) is 9.58 Å². The van der Waals surface area contributed by atoms with Gasteiger partial charge in [-0.15, -0.1) is 0 Å². The van der Waals surface area contributed by atoms with E-state index in [0.29, 0.717) is 0 Å². The van der Waals surface area contributed by atoms with Crippen molar-refractivity contribution in [2.75, 3.05) is 31.1 Å². The highest BCUT2D eigenvalue weighted by Gasteiger charge is 2.20. The zero-order valence-electron chi connectivity index (χ0n) is 13.6. The summed E-state index contributed by atoms with van der Waals surface area (Å²) in [5, 5.41) is 6.10. The minimum atomic E-state index is 0.785. The number of anilines is 1. The Hall–Kier alpha value is -2.18. The fourth-order valence-electron chi connectivity index (χ4n) is 3.17. The van der Waals surface area contributed by atoms with Crippen LogP contribution in [-0.2, 0) is 13.6 Å². The SMILES string of the molecule is Cn1ncc2c(N3CCN(Cc4ccc(Cl)cc4)CC3)ncnc21. The molecule has 4 rings (SSSR count). The number of hydrogen-bond donors (Lipinski definition) is 0. The number of piperazine rings is 1. The van der Waals surface area contributed by atoms with E-state index in [2.05, 4.69) is 37.0 Å². The molecule has 6 nitrogen and oxygen atoms in total. The van der Waals surface area contributed by atoms with E-state index in [4.69, 9.17) is 11.6 Å². The van der Waals surface area contributed by atoms with Crippen LogP contribution in [-0.4, -0.2) is 50.8 Å². The molecule has 1 saturated heterocycles. The smallest absolute Gasteiger partial charge is 0.163 e. The molecule has 1 aromatic carbocycles. The number of halogens is 1. The van der Waals surface area contributed by atoms with Crippen LogP contribution in [0.2, 0.25) is 5.02 Å². The van der Waals surface area contributed by atoms with Crippen molar-refractivity contribution in [1.82, 2.24) is 24.6 Å². The van der Waals surface area contributed by atoms with Gasteiger partial charge in [0.15, 0.2) is 5.65 Å². The van der Waals surface area contributed by atoms with Gasteiger partial charge in [-0.05, 0) is 17.7 Å². The number of nitrogens with zero attached hydrogens (tertiary/aromatic N) is 6. The van der Waals surface area contributed by atoms with Crippen molar-refractivity contribution < 1.29 is 0 Å². The summed E-state index contributed by atoms with van der Waals surface area (Å²) >= 11 is 5.95. The summed E-state index contributed by atoms with van der Waals surface area (Å²) in [7, 11) is 1.91. The minimum Gasteiger partial charge on any atom is -0.353 e. The summed E-state index contributed by atoms with van der Waals surface area (Å²) in [6, 6.07) is 8.09. The van der Waals surface area contributed by atoms with E-state index < -0.39 is 0 Å². The third-order valence-corrected chi connectivity index (χ3v) is 4.75. The highest BCUT2D eigenvalue weighted by Crippen LogP contribution is 2.23. The molecule has 0 spiro atoms. The Labute approximate surface area is 145 Å². The van der Waals surface area contributed by atoms with Gasteiger partial charge in [-0.2, -0.15) is 5.10 Å².